The first-order chi connectivity index (χ1) is 15.9. The van der Waals surface area contributed by atoms with E-state index in [2.05, 4.69) is 32.1 Å². The Balaban J connectivity index is 1.39. The Labute approximate surface area is 195 Å². The molecule has 0 radical (unpaired) electrons. The quantitative estimate of drug-likeness (QED) is 0.688. The molecule has 2 saturated carbocycles. The summed E-state index contributed by atoms with van der Waals surface area (Å²) in [4.78, 5) is 25.4. The first-order valence-electron chi connectivity index (χ1n) is 10.9. The monoisotopic (exact) mass is 464 g/mol. The van der Waals surface area contributed by atoms with E-state index in [1.54, 1.807) is 13.1 Å². The van der Waals surface area contributed by atoms with Crippen molar-refractivity contribution >= 4 is 34.6 Å². The van der Waals surface area contributed by atoms with Crippen molar-refractivity contribution in [2.24, 2.45) is 16.8 Å². The highest BCUT2D eigenvalue weighted by Crippen LogP contribution is 2.60. The third kappa shape index (κ3) is 4.30. The second kappa shape index (κ2) is 8.38. The fraction of sp³-hybridized carbons (Fsp3) is 0.360. The zero-order valence-electron chi connectivity index (χ0n) is 18.2. The molecule has 2 aromatic rings. The summed E-state index contributed by atoms with van der Waals surface area (Å²) < 4.78 is 29.0. The first-order valence-corrected chi connectivity index (χ1v) is 11.7. The second-order valence-electron chi connectivity index (χ2n) is 8.62. The molecule has 3 atom stereocenters. The van der Waals surface area contributed by atoms with Crippen molar-refractivity contribution in [2.75, 3.05) is 7.05 Å². The average molecular weight is 465 g/mol. The molecule has 0 bridgehead atoms. The summed E-state index contributed by atoms with van der Waals surface area (Å²) in [7, 11) is 1.60. The highest BCUT2D eigenvalue weighted by molar-refractivity contribution is 8.16. The Bertz CT molecular complexity index is 1240. The van der Waals surface area contributed by atoms with Crippen molar-refractivity contribution in [1.29, 1.82) is 0 Å². The summed E-state index contributed by atoms with van der Waals surface area (Å²) in [5, 5.41) is 3.18. The smallest absolute Gasteiger partial charge is 0.236 e. The number of rotatable bonds is 4. The van der Waals surface area contributed by atoms with E-state index in [0.29, 0.717) is 28.6 Å². The van der Waals surface area contributed by atoms with Crippen LogP contribution in [0.1, 0.15) is 48.7 Å². The fourth-order valence-electron chi connectivity index (χ4n) is 4.00. The van der Waals surface area contributed by atoms with Crippen LogP contribution in [0.5, 0.6) is 0 Å². The average Bonchev–Trinajstić information content (AvgIpc) is 3.73. The maximum Gasteiger partial charge on any atom is 0.236 e. The molecule has 0 spiro atoms. The number of benzene rings is 1. The first kappa shape index (κ1) is 21.8. The molecule has 2 fully saturated rings. The van der Waals surface area contributed by atoms with Gasteiger partial charge in [0, 0.05) is 24.4 Å². The molecule has 8 heteroatoms. The maximum absolute atomic E-state index is 14.8. The number of nitrogens with one attached hydrogen (secondary N) is 1. The number of nitrogens with zero attached hydrogens (tertiary/aromatic N) is 3. The maximum atomic E-state index is 14.8. The molecular weight excluding hydrogens is 442 g/mol. The van der Waals surface area contributed by atoms with Gasteiger partial charge in [0.2, 0.25) is 5.91 Å². The summed E-state index contributed by atoms with van der Waals surface area (Å²) >= 11 is 1.30. The van der Waals surface area contributed by atoms with E-state index in [9.17, 15) is 13.6 Å². The lowest BCUT2D eigenvalue weighted by Gasteiger charge is -2.24. The highest BCUT2D eigenvalue weighted by Gasteiger charge is 2.65. The number of thioether (sulfide) groups is 1. The molecule has 168 valence electrons. The third-order valence-electron chi connectivity index (χ3n) is 6.15. The van der Waals surface area contributed by atoms with Gasteiger partial charge in [-0.15, -0.1) is 0 Å². The molecule has 0 saturated heterocycles. The molecule has 1 aliphatic heterocycles. The summed E-state index contributed by atoms with van der Waals surface area (Å²) in [5.74, 6) is 5.51. The number of hydrogen-bond acceptors (Lipinski definition) is 5. The molecule has 2 aliphatic carbocycles. The highest BCUT2D eigenvalue weighted by atomic mass is 32.2. The van der Waals surface area contributed by atoms with Gasteiger partial charge in [-0.3, -0.25) is 9.79 Å². The molecule has 33 heavy (non-hydrogen) atoms. The molecule has 2 heterocycles. The van der Waals surface area contributed by atoms with E-state index in [1.165, 1.54) is 42.4 Å². The number of aromatic nitrogens is 2. The summed E-state index contributed by atoms with van der Waals surface area (Å²) in [6, 6.07) is 4.24. The van der Waals surface area contributed by atoms with Crippen LogP contribution in [0.15, 0.2) is 35.6 Å². The predicted octanol–water partition coefficient (Wildman–Crippen LogP) is 4.23. The van der Waals surface area contributed by atoms with Crippen LogP contribution >= 0.6 is 11.8 Å². The Morgan fingerprint density at radius 3 is 2.82 bits per heavy atom. The Hall–Kier alpha value is -3.05. The molecule has 5 rings (SSSR count). The second-order valence-corrected chi connectivity index (χ2v) is 9.94. The van der Waals surface area contributed by atoms with Gasteiger partial charge in [0.1, 0.15) is 27.0 Å². The molecule has 3 unspecified atom stereocenters. The molecule has 3 aliphatic rings. The largest absolute Gasteiger partial charge is 0.358 e. The minimum Gasteiger partial charge on any atom is -0.358 e. The fourth-order valence-corrected chi connectivity index (χ4v) is 5.64. The number of carbonyl (C=O) groups excluding carboxylic acids is 1. The number of carbonyl (C=O) groups is 1. The van der Waals surface area contributed by atoms with E-state index in [0.717, 1.165) is 12.8 Å². The molecular formula is C25H22F2N4OS. The van der Waals surface area contributed by atoms with Gasteiger partial charge in [0.15, 0.2) is 5.83 Å². The predicted molar refractivity (Wildman–Crippen MR) is 126 cm³/mol. The van der Waals surface area contributed by atoms with Crippen LogP contribution in [-0.2, 0) is 4.79 Å². The van der Waals surface area contributed by atoms with Crippen molar-refractivity contribution in [3.63, 3.8) is 0 Å². The molecule has 1 aromatic carbocycles. The van der Waals surface area contributed by atoms with Gasteiger partial charge in [0.25, 0.3) is 0 Å². The van der Waals surface area contributed by atoms with E-state index < -0.39 is 16.4 Å². The van der Waals surface area contributed by atoms with E-state index >= 15 is 0 Å². The van der Waals surface area contributed by atoms with Gasteiger partial charge in [0.05, 0.1) is 18.4 Å². The summed E-state index contributed by atoms with van der Waals surface area (Å²) in [6.07, 6.45) is 7.03. The summed E-state index contributed by atoms with van der Waals surface area (Å²) in [5.41, 5.74) is 1.31. The Morgan fingerprint density at radius 2 is 2.12 bits per heavy atom. The van der Waals surface area contributed by atoms with Gasteiger partial charge in [-0.25, -0.2) is 18.7 Å². The van der Waals surface area contributed by atoms with Gasteiger partial charge in [-0.05, 0) is 55.9 Å². The van der Waals surface area contributed by atoms with E-state index in [1.807, 2.05) is 6.92 Å². The molecule has 1 N–H and O–H groups in total. The van der Waals surface area contributed by atoms with Crippen LogP contribution in [0.4, 0.5) is 8.78 Å². The third-order valence-corrected chi connectivity index (χ3v) is 7.69. The zero-order chi connectivity index (χ0) is 23.2. The van der Waals surface area contributed by atoms with Crippen LogP contribution in [0.25, 0.3) is 11.9 Å². The van der Waals surface area contributed by atoms with Gasteiger partial charge in [-0.1, -0.05) is 23.7 Å². The van der Waals surface area contributed by atoms with Crippen LogP contribution < -0.4 is 5.32 Å². The SMILES string of the molecule is CNC(=O)C12CC1C(C)N=C(c1cc(/C=C(\F)c3cnc(C#CC4CC4)cn3)ccc1F)S2. The van der Waals surface area contributed by atoms with Crippen LogP contribution in [0.2, 0.25) is 0 Å². The molecule has 1 aromatic heterocycles. The van der Waals surface area contributed by atoms with E-state index in [-0.39, 0.29) is 29.1 Å². The van der Waals surface area contributed by atoms with Crippen molar-refractivity contribution in [2.45, 2.75) is 37.0 Å². The van der Waals surface area contributed by atoms with Crippen LogP contribution in [0.3, 0.4) is 0 Å². The van der Waals surface area contributed by atoms with E-state index in [4.69, 9.17) is 0 Å². The number of fused-ring (bicyclic) bond motifs is 1. The standard InChI is InChI=1S/C25H22F2N4OS/c1-14-19-11-25(19,24(32)28-2)33-23(31-14)18-9-16(6-8-20(18)26)10-21(27)22-13-29-17(12-30-22)7-5-15-3-4-15/h6,8-10,12-15,19H,3-4,11H2,1-2H3,(H,28,32)/b21-10-. The lowest BCUT2D eigenvalue weighted by molar-refractivity contribution is -0.121. The molecule has 5 nitrogen and oxygen atoms in total. The Morgan fingerprint density at radius 1 is 1.30 bits per heavy atom. The number of hydrogen-bond donors (Lipinski definition) is 1. The van der Waals surface area contributed by atoms with Crippen molar-refractivity contribution in [3.05, 3.63) is 58.9 Å². The van der Waals surface area contributed by atoms with Crippen molar-refractivity contribution in [1.82, 2.24) is 15.3 Å². The van der Waals surface area contributed by atoms with Crippen LogP contribution in [-0.4, -0.2) is 38.8 Å². The lowest BCUT2D eigenvalue weighted by Crippen LogP contribution is -2.37. The van der Waals surface area contributed by atoms with Gasteiger partial charge in [-0.2, -0.15) is 0 Å². The minimum absolute atomic E-state index is 0.0666. The lowest BCUT2D eigenvalue weighted by atomic mass is 10.1. The summed E-state index contributed by atoms with van der Waals surface area (Å²) in [6.45, 7) is 1.94. The van der Waals surface area contributed by atoms with Crippen molar-refractivity contribution < 1.29 is 13.6 Å². The number of aliphatic imine (C=N–C) groups is 1. The van der Waals surface area contributed by atoms with Crippen molar-refractivity contribution in [3.8, 4) is 11.8 Å². The molecule has 1 amide bonds. The number of amides is 1. The van der Waals surface area contributed by atoms with Crippen LogP contribution in [0, 0.1) is 29.5 Å². The minimum atomic E-state index is -0.603. The Kier molecular flexibility index (Phi) is 5.53. The van der Waals surface area contributed by atoms with Gasteiger partial charge < -0.3 is 5.32 Å². The topological polar surface area (TPSA) is 67.2 Å². The normalized spacial score (nSPS) is 25.9. The number of halogens is 2. The van der Waals surface area contributed by atoms with Gasteiger partial charge >= 0.3 is 0 Å². The zero-order valence-corrected chi connectivity index (χ0v) is 19.0.